The Morgan fingerprint density at radius 1 is 1.00 bits per heavy atom. The molecule has 0 aromatic heterocycles. The molecule has 0 heterocycles. The number of hydrogen-bond donors (Lipinski definition) is 7. The van der Waals surface area contributed by atoms with E-state index in [1.54, 1.807) is 6.92 Å². The topological polar surface area (TPSA) is 214 Å². The zero-order chi connectivity index (χ0) is 25.8. The van der Waals surface area contributed by atoms with Gasteiger partial charge in [-0.25, -0.2) is 4.79 Å². The van der Waals surface area contributed by atoms with Crippen LogP contribution in [0.3, 0.4) is 0 Å². The first kappa shape index (κ1) is 28.4. The Morgan fingerprint density at radius 2 is 1.62 bits per heavy atom. The van der Waals surface area contributed by atoms with Crippen molar-refractivity contribution in [1.29, 1.82) is 0 Å². The number of phenolic OH excluding ortho intramolecular Hbond substituents is 1. The Balaban J connectivity index is 2.72. The maximum atomic E-state index is 12.6. The van der Waals surface area contributed by atoms with E-state index in [4.69, 9.17) is 11.5 Å². The Hall–Kier alpha value is -3.67. The van der Waals surface area contributed by atoms with Crippen LogP contribution in [-0.2, 0) is 30.4 Å². The predicted octanol–water partition coefficient (Wildman–Crippen LogP) is -1.26. The molecule has 0 spiro atoms. The van der Waals surface area contributed by atoms with Crippen molar-refractivity contribution >= 4 is 29.6 Å². The van der Waals surface area contributed by atoms with E-state index >= 15 is 0 Å². The van der Waals surface area contributed by atoms with Gasteiger partial charge in [0.15, 0.2) is 0 Å². The first-order valence-electron chi connectivity index (χ1n) is 10.9. The molecule has 0 bridgehead atoms. The van der Waals surface area contributed by atoms with Gasteiger partial charge in [-0.05, 0) is 30.0 Å². The van der Waals surface area contributed by atoms with E-state index in [9.17, 15) is 34.2 Å². The molecule has 1 rings (SSSR count). The lowest BCUT2D eigenvalue weighted by atomic mass is 9.98. The van der Waals surface area contributed by atoms with Crippen LogP contribution >= 0.6 is 0 Å². The lowest BCUT2D eigenvalue weighted by Crippen LogP contribution is -2.54. The lowest BCUT2D eigenvalue weighted by molar-refractivity contribution is -0.141. The van der Waals surface area contributed by atoms with Crippen LogP contribution in [0.25, 0.3) is 0 Å². The van der Waals surface area contributed by atoms with E-state index in [0.717, 1.165) is 0 Å². The third-order valence-corrected chi connectivity index (χ3v) is 5.30. The molecule has 4 unspecified atom stereocenters. The molecule has 0 aliphatic carbocycles. The van der Waals surface area contributed by atoms with E-state index in [1.807, 2.05) is 6.92 Å². The van der Waals surface area contributed by atoms with E-state index in [-0.39, 0.29) is 30.9 Å². The van der Waals surface area contributed by atoms with Gasteiger partial charge in [0.1, 0.15) is 17.8 Å². The third-order valence-electron chi connectivity index (χ3n) is 5.30. The fourth-order valence-electron chi connectivity index (χ4n) is 2.94. The summed E-state index contributed by atoms with van der Waals surface area (Å²) in [5, 5.41) is 25.8. The molecule has 9 N–H and O–H groups in total. The lowest BCUT2D eigenvalue weighted by Gasteiger charge is -2.23. The maximum Gasteiger partial charge on any atom is 0.326 e. The van der Waals surface area contributed by atoms with Crippen molar-refractivity contribution in [2.24, 2.45) is 17.4 Å². The summed E-state index contributed by atoms with van der Waals surface area (Å²) in [6.45, 7) is 3.09. The fourth-order valence-corrected chi connectivity index (χ4v) is 2.94. The van der Waals surface area contributed by atoms with Crippen LogP contribution in [0.2, 0.25) is 0 Å². The van der Waals surface area contributed by atoms with Crippen molar-refractivity contribution in [3.05, 3.63) is 29.8 Å². The number of carboxylic acid groups (broad SMARTS) is 1. The molecule has 0 fully saturated rings. The Labute approximate surface area is 197 Å². The SMILES string of the molecule is CCC(C)C(N)C(=O)NC(CCC(N)=O)C(=O)NCC(=O)NC(Cc1ccc(O)cc1)C(=O)O. The number of nitrogens with one attached hydrogen (secondary N) is 3. The highest BCUT2D eigenvalue weighted by Crippen LogP contribution is 2.11. The molecule has 0 saturated carbocycles. The van der Waals surface area contributed by atoms with Crippen molar-refractivity contribution in [1.82, 2.24) is 16.0 Å². The highest BCUT2D eigenvalue weighted by molar-refractivity contribution is 5.93. The molecule has 12 nitrogen and oxygen atoms in total. The van der Waals surface area contributed by atoms with Gasteiger partial charge in [0, 0.05) is 12.8 Å². The van der Waals surface area contributed by atoms with Crippen molar-refractivity contribution in [3.63, 3.8) is 0 Å². The Bertz CT molecular complexity index is 875. The van der Waals surface area contributed by atoms with Gasteiger partial charge in [-0.2, -0.15) is 0 Å². The number of aromatic hydroxyl groups is 1. The summed E-state index contributed by atoms with van der Waals surface area (Å²) < 4.78 is 0. The van der Waals surface area contributed by atoms with Gasteiger partial charge < -0.3 is 37.6 Å². The van der Waals surface area contributed by atoms with Gasteiger partial charge in [-0.3, -0.25) is 19.2 Å². The number of benzene rings is 1. The van der Waals surface area contributed by atoms with E-state index < -0.39 is 54.3 Å². The number of nitrogens with two attached hydrogens (primary N) is 2. The summed E-state index contributed by atoms with van der Waals surface area (Å²) in [7, 11) is 0. The molecule has 1 aromatic carbocycles. The van der Waals surface area contributed by atoms with Crippen LogP contribution in [0.4, 0.5) is 0 Å². The minimum atomic E-state index is -1.28. The fraction of sp³-hybridized carbons (Fsp3) is 0.500. The molecule has 1 aromatic rings. The summed E-state index contributed by atoms with van der Waals surface area (Å²) in [5.74, 6) is -4.17. The van der Waals surface area contributed by atoms with Crippen LogP contribution < -0.4 is 27.4 Å². The van der Waals surface area contributed by atoms with Crippen molar-refractivity contribution in [3.8, 4) is 5.75 Å². The minimum absolute atomic E-state index is 0.0189. The second-order valence-corrected chi connectivity index (χ2v) is 8.02. The van der Waals surface area contributed by atoms with Crippen molar-refractivity contribution < 1.29 is 34.2 Å². The first-order valence-corrected chi connectivity index (χ1v) is 10.9. The van der Waals surface area contributed by atoms with E-state index in [2.05, 4.69) is 16.0 Å². The summed E-state index contributed by atoms with van der Waals surface area (Å²) in [6, 6.07) is 2.54. The number of rotatable bonds is 14. The summed E-state index contributed by atoms with van der Waals surface area (Å²) >= 11 is 0. The zero-order valence-electron chi connectivity index (χ0n) is 19.2. The Morgan fingerprint density at radius 3 is 2.15 bits per heavy atom. The number of carbonyl (C=O) groups excluding carboxylic acids is 4. The zero-order valence-corrected chi connectivity index (χ0v) is 19.2. The highest BCUT2D eigenvalue weighted by atomic mass is 16.4. The first-order chi connectivity index (χ1) is 15.9. The van der Waals surface area contributed by atoms with Crippen molar-refractivity contribution in [2.45, 2.75) is 57.7 Å². The third kappa shape index (κ3) is 9.86. The summed E-state index contributed by atoms with van der Waals surface area (Å²) in [6.07, 6.45) is 0.319. The molecule has 0 aliphatic rings. The van der Waals surface area contributed by atoms with Crippen molar-refractivity contribution in [2.75, 3.05) is 6.54 Å². The molecule has 0 saturated heterocycles. The minimum Gasteiger partial charge on any atom is -0.508 e. The van der Waals surface area contributed by atoms with Crippen LogP contribution in [0.1, 0.15) is 38.7 Å². The van der Waals surface area contributed by atoms with Gasteiger partial charge in [-0.15, -0.1) is 0 Å². The largest absolute Gasteiger partial charge is 0.508 e. The number of primary amides is 1. The number of carboxylic acids is 1. The molecule has 34 heavy (non-hydrogen) atoms. The normalized spacial score (nSPS) is 14.2. The molecule has 0 radical (unpaired) electrons. The molecule has 188 valence electrons. The monoisotopic (exact) mass is 479 g/mol. The Kier molecular flexibility index (Phi) is 11.5. The second-order valence-electron chi connectivity index (χ2n) is 8.02. The smallest absolute Gasteiger partial charge is 0.326 e. The van der Waals surface area contributed by atoms with E-state index in [1.165, 1.54) is 24.3 Å². The van der Waals surface area contributed by atoms with Crippen LogP contribution in [0, 0.1) is 5.92 Å². The molecule has 0 aliphatic heterocycles. The van der Waals surface area contributed by atoms with Gasteiger partial charge >= 0.3 is 5.97 Å². The number of carbonyl (C=O) groups is 5. The van der Waals surface area contributed by atoms with Gasteiger partial charge in [0.25, 0.3) is 0 Å². The molecular formula is C22H33N5O7. The van der Waals surface area contributed by atoms with E-state index in [0.29, 0.717) is 12.0 Å². The number of phenols is 1. The number of aliphatic carboxylic acids is 1. The van der Waals surface area contributed by atoms with Crippen LogP contribution in [0.15, 0.2) is 24.3 Å². The molecule has 4 amide bonds. The summed E-state index contributed by atoms with van der Waals surface area (Å²) in [4.78, 5) is 59.8. The predicted molar refractivity (Wildman–Crippen MR) is 122 cm³/mol. The molecular weight excluding hydrogens is 446 g/mol. The standard InChI is InChI=1S/C22H33N5O7/c1-3-12(2)19(24)21(32)27-15(8-9-17(23)29)20(31)25-11-18(30)26-16(22(33)34)10-13-4-6-14(28)7-5-13/h4-7,12,15-16,19,28H,3,8-11,24H2,1-2H3,(H2,23,29)(H,25,31)(H,26,30)(H,27,32)(H,33,34). The van der Waals surface area contributed by atoms with Gasteiger partial charge in [-0.1, -0.05) is 32.4 Å². The average Bonchev–Trinajstić information content (AvgIpc) is 2.79. The maximum absolute atomic E-state index is 12.6. The van der Waals surface area contributed by atoms with Gasteiger partial charge in [0.05, 0.1) is 12.6 Å². The highest BCUT2D eigenvalue weighted by Gasteiger charge is 2.27. The number of amides is 4. The quantitative estimate of drug-likeness (QED) is 0.171. The summed E-state index contributed by atoms with van der Waals surface area (Å²) in [5.41, 5.74) is 11.6. The van der Waals surface area contributed by atoms with Crippen LogP contribution in [-0.4, -0.2) is 64.5 Å². The molecule has 12 heteroatoms. The number of hydrogen-bond acceptors (Lipinski definition) is 7. The second kappa shape index (κ2) is 13.8. The van der Waals surface area contributed by atoms with Crippen LogP contribution in [0.5, 0.6) is 5.75 Å². The average molecular weight is 480 g/mol. The van der Waals surface area contributed by atoms with Gasteiger partial charge in [0.2, 0.25) is 23.6 Å². The molecule has 4 atom stereocenters.